The smallest absolute Gasteiger partial charge is 0.343 e. The van der Waals surface area contributed by atoms with Gasteiger partial charge in [-0.05, 0) is 56.0 Å². The quantitative estimate of drug-likeness (QED) is 0.442. The summed E-state index contributed by atoms with van der Waals surface area (Å²) in [7, 11) is -3.78. The zero-order chi connectivity index (χ0) is 24.8. The maximum absolute atomic E-state index is 14.2. The average molecular weight is 495 g/mol. The molecule has 0 atom stereocenters. The molecule has 1 aromatic heterocycles. The second-order valence-corrected chi connectivity index (χ2v) is 10.4. The normalized spacial score (nSPS) is 14.6. The summed E-state index contributed by atoms with van der Waals surface area (Å²) in [5.41, 5.74) is 0.0780. The second kappa shape index (κ2) is 8.57. The van der Waals surface area contributed by atoms with Crippen molar-refractivity contribution >= 4 is 21.4 Å². The third kappa shape index (κ3) is 4.46. The van der Waals surface area contributed by atoms with Gasteiger partial charge >= 0.3 is 6.18 Å². The number of sulfone groups is 1. The number of nitrogens with zero attached hydrogens (tertiary/aromatic N) is 1. The Labute approximate surface area is 194 Å². The summed E-state index contributed by atoms with van der Waals surface area (Å²) in [6, 6.07) is 8.43. The zero-order valence-electron chi connectivity index (χ0n) is 18.4. The standard InChI is InChI=1S/C24H22F4N2O3S/c1-14-18(23(31)29-15-10-11-21(20(25)12-15)34(2,32)33)13-30(16-6-5-7-16)22(14)17-8-3-4-9-19(17)24(26,27)28/h3-4,8-13,16H,5-7H2,1-2H3,(H,29,31). The molecule has 10 heteroatoms. The summed E-state index contributed by atoms with van der Waals surface area (Å²) in [6.07, 6.45) is 0.354. The third-order valence-electron chi connectivity index (χ3n) is 6.08. The SMILES string of the molecule is Cc1c(C(=O)Nc2ccc(S(C)(=O)=O)c(F)c2)cn(C2CCC2)c1-c1ccccc1C(F)(F)F. The van der Waals surface area contributed by atoms with Crippen LogP contribution in [0.2, 0.25) is 0 Å². The molecule has 1 saturated carbocycles. The fraction of sp³-hybridized carbons (Fsp3) is 0.292. The molecule has 0 spiro atoms. The van der Waals surface area contributed by atoms with Crippen molar-refractivity contribution in [3.8, 4) is 11.3 Å². The van der Waals surface area contributed by atoms with Crippen LogP contribution in [-0.4, -0.2) is 25.1 Å². The van der Waals surface area contributed by atoms with E-state index in [1.165, 1.54) is 30.5 Å². The van der Waals surface area contributed by atoms with Crippen molar-refractivity contribution in [1.29, 1.82) is 0 Å². The van der Waals surface area contributed by atoms with Crippen molar-refractivity contribution in [2.45, 2.75) is 43.3 Å². The minimum Gasteiger partial charge on any atom is -0.343 e. The topological polar surface area (TPSA) is 68.2 Å². The molecule has 5 nitrogen and oxygen atoms in total. The predicted molar refractivity (Wildman–Crippen MR) is 120 cm³/mol. The van der Waals surface area contributed by atoms with E-state index >= 15 is 0 Å². The molecule has 2 aromatic carbocycles. The monoisotopic (exact) mass is 494 g/mol. The van der Waals surface area contributed by atoms with E-state index in [9.17, 15) is 30.8 Å². The molecule has 1 N–H and O–H groups in total. The summed E-state index contributed by atoms with van der Waals surface area (Å²) >= 11 is 0. The largest absolute Gasteiger partial charge is 0.417 e. The predicted octanol–water partition coefficient (Wildman–Crippen LogP) is 6.00. The van der Waals surface area contributed by atoms with Crippen molar-refractivity contribution < 1.29 is 30.8 Å². The third-order valence-corrected chi connectivity index (χ3v) is 7.21. The van der Waals surface area contributed by atoms with E-state index in [0.29, 0.717) is 11.3 Å². The number of benzene rings is 2. The van der Waals surface area contributed by atoms with E-state index in [1.807, 2.05) is 0 Å². The van der Waals surface area contributed by atoms with Crippen LogP contribution in [0.1, 0.15) is 46.8 Å². The highest BCUT2D eigenvalue weighted by atomic mass is 32.2. The molecule has 0 aliphatic heterocycles. The van der Waals surface area contributed by atoms with Gasteiger partial charge in [-0.25, -0.2) is 12.8 Å². The lowest BCUT2D eigenvalue weighted by Gasteiger charge is -2.30. The minimum absolute atomic E-state index is 0.0120. The van der Waals surface area contributed by atoms with Gasteiger partial charge in [0.05, 0.1) is 16.8 Å². The van der Waals surface area contributed by atoms with Gasteiger partial charge in [0.1, 0.15) is 10.7 Å². The van der Waals surface area contributed by atoms with Gasteiger partial charge in [0.25, 0.3) is 5.91 Å². The minimum atomic E-state index is -4.57. The van der Waals surface area contributed by atoms with Crippen LogP contribution in [0.4, 0.5) is 23.2 Å². The number of anilines is 1. The Bertz CT molecular complexity index is 1370. The maximum atomic E-state index is 14.2. The lowest BCUT2D eigenvalue weighted by molar-refractivity contribution is -0.137. The molecule has 3 aromatic rings. The molecule has 0 saturated heterocycles. The van der Waals surface area contributed by atoms with Gasteiger partial charge in [-0.15, -0.1) is 0 Å². The molecular weight excluding hydrogens is 472 g/mol. The number of hydrogen-bond donors (Lipinski definition) is 1. The Morgan fingerprint density at radius 2 is 1.79 bits per heavy atom. The van der Waals surface area contributed by atoms with Crippen molar-refractivity contribution in [3.05, 3.63) is 71.2 Å². The Kier molecular flexibility index (Phi) is 6.05. The van der Waals surface area contributed by atoms with Crippen LogP contribution in [-0.2, 0) is 16.0 Å². The summed E-state index contributed by atoms with van der Waals surface area (Å²) < 4.78 is 80.4. The number of amides is 1. The van der Waals surface area contributed by atoms with Crippen LogP contribution in [0.15, 0.2) is 53.6 Å². The van der Waals surface area contributed by atoms with Gasteiger partial charge < -0.3 is 9.88 Å². The molecule has 4 rings (SSSR count). The number of rotatable bonds is 5. The van der Waals surface area contributed by atoms with E-state index in [1.54, 1.807) is 11.5 Å². The maximum Gasteiger partial charge on any atom is 0.417 e. The molecule has 0 bridgehead atoms. The summed E-state index contributed by atoms with van der Waals surface area (Å²) in [5, 5.41) is 2.52. The van der Waals surface area contributed by atoms with Crippen molar-refractivity contribution in [2.24, 2.45) is 0 Å². The molecule has 34 heavy (non-hydrogen) atoms. The summed E-state index contributed by atoms with van der Waals surface area (Å²) in [6.45, 7) is 1.58. The lowest BCUT2D eigenvalue weighted by Crippen LogP contribution is -2.18. The van der Waals surface area contributed by atoms with Crippen molar-refractivity contribution in [2.75, 3.05) is 11.6 Å². The number of carbonyl (C=O) groups is 1. The van der Waals surface area contributed by atoms with E-state index in [0.717, 1.165) is 43.7 Å². The molecule has 0 unspecified atom stereocenters. The molecule has 0 radical (unpaired) electrons. The van der Waals surface area contributed by atoms with E-state index in [-0.39, 0.29) is 22.9 Å². The zero-order valence-corrected chi connectivity index (χ0v) is 19.2. The van der Waals surface area contributed by atoms with Crippen LogP contribution in [0.5, 0.6) is 0 Å². The molecular formula is C24H22F4N2O3S. The van der Waals surface area contributed by atoms with E-state index in [2.05, 4.69) is 5.32 Å². The van der Waals surface area contributed by atoms with Crippen LogP contribution in [0, 0.1) is 12.7 Å². The second-order valence-electron chi connectivity index (χ2n) is 8.42. The molecule has 1 heterocycles. The van der Waals surface area contributed by atoms with Crippen LogP contribution in [0.25, 0.3) is 11.3 Å². The van der Waals surface area contributed by atoms with Gasteiger partial charge in [0, 0.05) is 29.7 Å². The number of hydrogen-bond acceptors (Lipinski definition) is 3. The van der Waals surface area contributed by atoms with Gasteiger partial charge in [0.2, 0.25) is 0 Å². The van der Waals surface area contributed by atoms with Crippen LogP contribution < -0.4 is 5.32 Å². The first-order chi connectivity index (χ1) is 15.9. The number of nitrogens with one attached hydrogen (secondary N) is 1. The highest BCUT2D eigenvalue weighted by Gasteiger charge is 2.36. The van der Waals surface area contributed by atoms with Gasteiger partial charge in [-0.2, -0.15) is 13.2 Å². The Hall–Kier alpha value is -3.14. The Morgan fingerprint density at radius 3 is 2.35 bits per heavy atom. The molecule has 1 amide bonds. The first kappa shape index (κ1) is 24.0. The molecule has 180 valence electrons. The van der Waals surface area contributed by atoms with Crippen molar-refractivity contribution in [3.63, 3.8) is 0 Å². The molecule has 1 fully saturated rings. The summed E-state index contributed by atoms with van der Waals surface area (Å²) in [5.74, 6) is -1.64. The number of halogens is 4. The van der Waals surface area contributed by atoms with Crippen LogP contribution in [0.3, 0.4) is 0 Å². The Morgan fingerprint density at radius 1 is 1.12 bits per heavy atom. The van der Waals surface area contributed by atoms with Crippen LogP contribution >= 0.6 is 0 Å². The van der Waals surface area contributed by atoms with Crippen molar-refractivity contribution in [1.82, 2.24) is 4.57 Å². The fourth-order valence-corrected chi connectivity index (χ4v) is 4.89. The summed E-state index contributed by atoms with van der Waals surface area (Å²) in [4.78, 5) is 12.6. The van der Waals surface area contributed by atoms with Gasteiger partial charge in [0.15, 0.2) is 9.84 Å². The number of aromatic nitrogens is 1. The first-order valence-corrected chi connectivity index (χ1v) is 12.5. The average Bonchev–Trinajstić information content (AvgIpc) is 3.01. The lowest BCUT2D eigenvalue weighted by atomic mass is 9.91. The Balaban J connectivity index is 1.76. The van der Waals surface area contributed by atoms with E-state index in [4.69, 9.17) is 0 Å². The highest BCUT2D eigenvalue weighted by Crippen LogP contribution is 2.43. The fourth-order valence-electron chi connectivity index (χ4n) is 4.16. The molecule has 1 aliphatic rings. The highest BCUT2D eigenvalue weighted by molar-refractivity contribution is 7.90. The number of carbonyl (C=O) groups excluding carboxylic acids is 1. The van der Waals surface area contributed by atoms with Gasteiger partial charge in [-0.3, -0.25) is 4.79 Å². The van der Waals surface area contributed by atoms with Gasteiger partial charge in [-0.1, -0.05) is 18.2 Å². The first-order valence-electron chi connectivity index (χ1n) is 10.6. The molecule has 1 aliphatic carbocycles. The van der Waals surface area contributed by atoms with E-state index < -0.39 is 38.2 Å². The number of alkyl halides is 3.